The molecule has 3 nitrogen and oxygen atoms in total. The van der Waals surface area contributed by atoms with E-state index >= 15 is 0 Å². The maximum Gasteiger partial charge on any atom is 0.303 e. The molecule has 1 unspecified atom stereocenters. The molecule has 0 aliphatic heterocycles. The van der Waals surface area contributed by atoms with Crippen molar-refractivity contribution in [3.8, 4) is 0 Å². The number of fused-ring (bicyclic) bond motifs is 1. The SMILES string of the molecule is Cc1nc2c(s1)CCC(CC(=O)O)C2. The number of rotatable bonds is 2. The molecular weight excluding hydrogens is 198 g/mol. The van der Waals surface area contributed by atoms with Gasteiger partial charge in [-0.25, -0.2) is 4.98 Å². The number of aryl methyl sites for hydroxylation is 2. The molecule has 14 heavy (non-hydrogen) atoms. The zero-order chi connectivity index (χ0) is 10.1. The first-order valence-corrected chi connectivity index (χ1v) is 5.64. The maximum absolute atomic E-state index is 10.6. The number of aromatic nitrogens is 1. The number of carbonyl (C=O) groups is 1. The Morgan fingerprint density at radius 1 is 1.71 bits per heavy atom. The van der Waals surface area contributed by atoms with E-state index in [0.717, 1.165) is 30.0 Å². The van der Waals surface area contributed by atoms with Crippen LogP contribution in [-0.2, 0) is 17.6 Å². The van der Waals surface area contributed by atoms with Crippen molar-refractivity contribution in [1.82, 2.24) is 4.98 Å². The fraction of sp³-hybridized carbons (Fsp3) is 0.600. The van der Waals surface area contributed by atoms with Crippen molar-refractivity contribution in [3.63, 3.8) is 0 Å². The fourth-order valence-corrected chi connectivity index (χ4v) is 2.98. The summed E-state index contributed by atoms with van der Waals surface area (Å²) in [7, 11) is 0. The number of aliphatic carboxylic acids is 1. The zero-order valence-corrected chi connectivity index (χ0v) is 8.93. The molecule has 0 aromatic carbocycles. The summed E-state index contributed by atoms with van der Waals surface area (Å²) in [5.41, 5.74) is 1.14. The van der Waals surface area contributed by atoms with Gasteiger partial charge in [-0.15, -0.1) is 11.3 Å². The molecule has 1 atom stereocenters. The van der Waals surface area contributed by atoms with E-state index in [1.54, 1.807) is 11.3 Å². The van der Waals surface area contributed by atoms with Crippen molar-refractivity contribution in [1.29, 1.82) is 0 Å². The molecule has 1 aliphatic rings. The third kappa shape index (κ3) is 1.95. The van der Waals surface area contributed by atoms with Gasteiger partial charge in [-0.2, -0.15) is 0 Å². The molecule has 0 fully saturated rings. The van der Waals surface area contributed by atoms with E-state index in [9.17, 15) is 4.79 Å². The lowest BCUT2D eigenvalue weighted by molar-refractivity contribution is -0.138. The summed E-state index contributed by atoms with van der Waals surface area (Å²) in [5.74, 6) is -0.396. The normalized spacial score (nSPS) is 20.5. The van der Waals surface area contributed by atoms with Crippen LogP contribution in [0.1, 0.15) is 28.4 Å². The lowest BCUT2D eigenvalue weighted by Gasteiger charge is -2.18. The zero-order valence-electron chi connectivity index (χ0n) is 8.12. The number of nitrogens with zero attached hydrogens (tertiary/aromatic N) is 1. The third-order valence-electron chi connectivity index (χ3n) is 2.61. The second kappa shape index (κ2) is 3.69. The van der Waals surface area contributed by atoms with Crippen LogP contribution in [0.5, 0.6) is 0 Å². The number of hydrogen-bond donors (Lipinski definition) is 1. The highest BCUT2D eigenvalue weighted by atomic mass is 32.1. The first-order chi connectivity index (χ1) is 6.65. The molecule has 0 spiro atoms. The molecule has 0 saturated heterocycles. The van der Waals surface area contributed by atoms with Crippen molar-refractivity contribution in [2.75, 3.05) is 0 Å². The minimum atomic E-state index is -0.689. The van der Waals surface area contributed by atoms with Crippen molar-refractivity contribution in [3.05, 3.63) is 15.6 Å². The Hall–Kier alpha value is -0.900. The number of carboxylic acid groups (broad SMARTS) is 1. The van der Waals surface area contributed by atoms with Crippen molar-refractivity contribution in [2.45, 2.75) is 32.6 Å². The number of carboxylic acids is 1. The Balaban J connectivity index is 2.09. The second-order valence-electron chi connectivity index (χ2n) is 3.81. The van der Waals surface area contributed by atoms with Crippen LogP contribution < -0.4 is 0 Å². The Morgan fingerprint density at radius 3 is 3.21 bits per heavy atom. The Kier molecular flexibility index (Phi) is 2.54. The van der Waals surface area contributed by atoms with Gasteiger partial charge in [0, 0.05) is 11.3 Å². The highest BCUT2D eigenvalue weighted by Crippen LogP contribution is 2.30. The quantitative estimate of drug-likeness (QED) is 0.814. The van der Waals surface area contributed by atoms with Gasteiger partial charge in [0.05, 0.1) is 10.7 Å². The van der Waals surface area contributed by atoms with Gasteiger partial charge in [0.2, 0.25) is 0 Å². The number of hydrogen-bond acceptors (Lipinski definition) is 3. The summed E-state index contributed by atoms with van der Waals surface area (Å²) >= 11 is 1.75. The highest BCUT2D eigenvalue weighted by molar-refractivity contribution is 7.11. The lowest BCUT2D eigenvalue weighted by atomic mass is 9.88. The minimum absolute atomic E-state index is 0.288. The van der Waals surface area contributed by atoms with Gasteiger partial charge < -0.3 is 5.11 Å². The van der Waals surface area contributed by atoms with Crippen LogP contribution in [-0.4, -0.2) is 16.1 Å². The summed E-state index contributed by atoms with van der Waals surface area (Å²) in [6.45, 7) is 2.01. The van der Waals surface area contributed by atoms with Crippen LogP contribution in [0, 0.1) is 12.8 Å². The molecule has 0 amide bonds. The van der Waals surface area contributed by atoms with E-state index < -0.39 is 5.97 Å². The minimum Gasteiger partial charge on any atom is -0.481 e. The van der Waals surface area contributed by atoms with Gasteiger partial charge in [-0.1, -0.05) is 0 Å². The average Bonchev–Trinajstić information content (AvgIpc) is 2.42. The molecule has 1 aromatic heterocycles. The predicted octanol–water partition coefficient (Wildman–Crippen LogP) is 2.03. The van der Waals surface area contributed by atoms with Gasteiger partial charge >= 0.3 is 5.97 Å². The summed E-state index contributed by atoms with van der Waals surface area (Å²) < 4.78 is 0. The fourth-order valence-electron chi connectivity index (χ4n) is 2.00. The third-order valence-corrected chi connectivity index (χ3v) is 3.68. The monoisotopic (exact) mass is 211 g/mol. The topological polar surface area (TPSA) is 50.2 Å². The van der Waals surface area contributed by atoms with Crippen LogP contribution in [0.3, 0.4) is 0 Å². The predicted molar refractivity (Wildman–Crippen MR) is 54.6 cm³/mol. The molecule has 76 valence electrons. The van der Waals surface area contributed by atoms with Crippen molar-refractivity contribution < 1.29 is 9.90 Å². The Morgan fingerprint density at radius 2 is 2.50 bits per heavy atom. The highest BCUT2D eigenvalue weighted by Gasteiger charge is 2.23. The molecular formula is C10H13NO2S. The van der Waals surface area contributed by atoms with Crippen LogP contribution in [0.25, 0.3) is 0 Å². The van der Waals surface area contributed by atoms with E-state index in [0.29, 0.717) is 5.92 Å². The average molecular weight is 211 g/mol. The smallest absolute Gasteiger partial charge is 0.303 e. The lowest BCUT2D eigenvalue weighted by Crippen LogP contribution is -2.16. The molecule has 0 bridgehead atoms. The van der Waals surface area contributed by atoms with Crippen molar-refractivity contribution >= 4 is 17.3 Å². The van der Waals surface area contributed by atoms with Gasteiger partial charge in [0.1, 0.15) is 0 Å². The first-order valence-electron chi connectivity index (χ1n) is 4.82. The molecule has 1 aromatic rings. The molecule has 4 heteroatoms. The summed E-state index contributed by atoms with van der Waals surface area (Å²) in [6.07, 6.45) is 3.15. The van der Waals surface area contributed by atoms with Gasteiger partial charge in [0.25, 0.3) is 0 Å². The largest absolute Gasteiger partial charge is 0.481 e. The molecule has 0 radical (unpaired) electrons. The summed E-state index contributed by atoms with van der Waals surface area (Å²) in [5, 5.41) is 9.80. The second-order valence-corrected chi connectivity index (χ2v) is 5.10. The summed E-state index contributed by atoms with van der Waals surface area (Å²) in [4.78, 5) is 16.4. The van der Waals surface area contributed by atoms with E-state index in [2.05, 4.69) is 4.98 Å². The van der Waals surface area contributed by atoms with Gasteiger partial charge in [-0.05, 0) is 32.1 Å². The Labute approximate surface area is 86.8 Å². The first kappa shape index (κ1) is 9.65. The maximum atomic E-state index is 10.6. The van der Waals surface area contributed by atoms with Gasteiger partial charge in [-0.3, -0.25) is 4.79 Å². The standard InChI is InChI=1S/C10H13NO2S/c1-6-11-8-4-7(5-10(12)13)2-3-9(8)14-6/h7H,2-5H2,1H3,(H,12,13). The molecule has 1 N–H and O–H groups in total. The summed E-state index contributed by atoms with van der Waals surface area (Å²) in [6, 6.07) is 0. The van der Waals surface area contributed by atoms with Crippen LogP contribution >= 0.6 is 11.3 Å². The van der Waals surface area contributed by atoms with Crippen molar-refractivity contribution in [2.24, 2.45) is 5.92 Å². The molecule has 1 aliphatic carbocycles. The van der Waals surface area contributed by atoms with E-state index in [4.69, 9.17) is 5.11 Å². The number of thiazole rings is 1. The van der Waals surface area contributed by atoms with Crippen LogP contribution in [0.2, 0.25) is 0 Å². The molecule has 1 heterocycles. The Bertz CT molecular complexity index is 359. The van der Waals surface area contributed by atoms with E-state index in [1.807, 2.05) is 6.92 Å². The molecule has 0 saturated carbocycles. The molecule has 2 rings (SSSR count). The van der Waals surface area contributed by atoms with E-state index in [1.165, 1.54) is 4.88 Å². The van der Waals surface area contributed by atoms with E-state index in [-0.39, 0.29) is 6.42 Å². The van der Waals surface area contributed by atoms with Gasteiger partial charge in [0.15, 0.2) is 0 Å². The van der Waals surface area contributed by atoms with Crippen LogP contribution in [0.4, 0.5) is 0 Å². The van der Waals surface area contributed by atoms with Crippen LogP contribution in [0.15, 0.2) is 0 Å².